The van der Waals surface area contributed by atoms with Crippen molar-refractivity contribution in [2.45, 2.75) is 31.3 Å². The molecule has 3 rings (SSSR count). The minimum absolute atomic E-state index is 0.0323. The van der Waals surface area contributed by atoms with Gasteiger partial charge < -0.3 is 14.8 Å². The monoisotopic (exact) mass is 277 g/mol. The van der Waals surface area contributed by atoms with E-state index < -0.39 is 5.54 Å². The number of aliphatic hydroxyl groups is 1. The highest BCUT2D eigenvalue weighted by atomic mass is 16.3. The highest BCUT2D eigenvalue weighted by Gasteiger charge is 2.37. The van der Waals surface area contributed by atoms with Crippen LogP contribution in [0.15, 0.2) is 22.8 Å². The predicted molar refractivity (Wildman–Crippen MR) is 67.3 cm³/mol. The number of carbonyl (C=O) groups is 1. The highest BCUT2D eigenvalue weighted by Crippen LogP contribution is 2.31. The van der Waals surface area contributed by atoms with Crippen LogP contribution in [0.25, 0.3) is 11.6 Å². The van der Waals surface area contributed by atoms with Gasteiger partial charge in [-0.05, 0) is 36.6 Å². The van der Waals surface area contributed by atoms with Crippen molar-refractivity contribution in [2.75, 3.05) is 6.61 Å². The summed E-state index contributed by atoms with van der Waals surface area (Å²) in [6, 6.07) is 3.45. The summed E-state index contributed by atoms with van der Waals surface area (Å²) in [7, 11) is 0. The molecular formula is C12H15N5O3. The van der Waals surface area contributed by atoms with E-state index in [-0.39, 0.29) is 19.1 Å². The van der Waals surface area contributed by atoms with Crippen LogP contribution in [0.3, 0.4) is 0 Å². The number of carbonyl (C=O) groups excluding carboxylic acids is 1. The Balaban J connectivity index is 1.62. The Hall–Kier alpha value is -2.22. The molecule has 0 aliphatic heterocycles. The fraction of sp³-hybridized carbons (Fsp3) is 0.500. The Labute approximate surface area is 114 Å². The van der Waals surface area contributed by atoms with E-state index in [1.54, 1.807) is 12.1 Å². The third-order valence-corrected chi connectivity index (χ3v) is 3.50. The maximum atomic E-state index is 11.9. The molecule has 8 nitrogen and oxygen atoms in total. The van der Waals surface area contributed by atoms with E-state index in [9.17, 15) is 9.90 Å². The molecule has 1 fully saturated rings. The largest absolute Gasteiger partial charge is 0.461 e. The summed E-state index contributed by atoms with van der Waals surface area (Å²) in [5, 5.41) is 23.8. The average Bonchev–Trinajstić information content (AvgIpc) is 3.03. The number of rotatable bonds is 5. The smallest absolute Gasteiger partial charge is 0.244 e. The first-order chi connectivity index (χ1) is 9.71. The molecule has 1 amide bonds. The van der Waals surface area contributed by atoms with E-state index in [0.29, 0.717) is 11.6 Å². The standard InChI is InChI=1S/C12H15N5O3/c18-8-12(4-2-5-12)13-10(19)7-17-15-11(14-16-17)9-3-1-6-20-9/h1,3,6,18H,2,4-5,7-8H2,(H,13,19). The molecule has 0 radical (unpaired) electrons. The van der Waals surface area contributed by atoms with Gasteiger partial charge in [-0.3, -0.25) is 4.79 Å². The molecule has 0 spiro atoms. The van der Waals surface area contributed by atoms with E-state index in [0.717, 1.165) is 19.3 Å². The third-order valence-electron chi connectivity index (χ3n) is 3.50. The summed E-state index contributed by atoms with van der Waals surface area (Å²) in [6.45, 7) is -0.0728. The molecule has 0 unspecified atom stereocenters. The van der Waals surface area contributed by atoms with Crippen molar-refractivity contribution in [1.29, 1.82) is 0 Å². The average molecular weight is 277 g/mol. The van der Waals surface area contributed by atoms with E-state index in [1.807, 2.05) is 0 Å². The van der Waals surface area contributed by atoms with Gasteiger partial charge in [0, 0.05) is 0 Å². The molecule has 1 aliphatic rings. The van der Waals surface area contributed by atoms with Gasteiger partial charge in [0.05, 0.1) is 18.4 Å². The van der Waals surface area contributed by atoms with Gasteiger partial charge in [0.15, 0.2) is 5.76 Å². The zero-order chi connectivity index (χ0) is 14.0. The first-order valence-electron chi connectivity index (χ1n) is 6.44. The summed E-state index contributed by atoms with van der Waals surface area (Å²) in [5.74, 6) is 0.605. The van der Waals surface area contributed by atoms with Crippen molar-refractivity contribution >= 4 is 5.91 Å². The number of furan rings is 1. The van der Waals surface area contributed by atoms with Gasteiger partial charge in [-0.1, -0.05) is 0 Å². The Morgan fingerprint density at radius 1 is 1.55 bits per heavy atom. The molecule has 2 aromatic heterocycles. The Morgan fingerprint density at radius 2 is 2.40 bits per heavy atom. The van der Waals surface area contributed by atoms with Crippen molar-refractivity contribution < 1.29 is 14.3 Å². The van der Waals surface area contributed by atoms with Crippen LogP contribution >= 0.6 is 0 Å². The Bertz CT molecular complexity index is 583. The molecule has 0 saturated heterocycles. The predicted octanol–water partition coefficient (Wildman–Crippen LogP) is -0.0357. The number of nitrogens with zero attached hydrogens (tertiary/aromatic N) is 4. The van der Waals surface area contributed by atoms with Gasteiger partial charge in [0.25, 0.3) is 0 Å². The van der Waals surface area contributed by atoms with E-state index in [4.69, 9.17) is 4.42 Å². The molecule has 0 bridgehead atoms. The van der Waals surface area contributed by atoms with E-state index in [2.05, 4.69) is 20.7 Å². The SMILES string of the molecule is O=C(Cn1nnc(-c2ccco2)n1)NC1(CO)CCC1. The van der Waals surface area contributed by atoms with Crippen molar-refractivity contribution in [3.8, 4) is 11.6 Å². The quantitative estimate of drug-likeness (QED) is 0.794. The zero-order valence-electron chi connectivity index (χ0n) is 10.8. The van der Waals surface area contributed by atoms with Gasteiger partial charge in [-0.2, -0.15) is 4.80 Å². The Morgan fingerprint density at radius 3 is 3.00 bits per heavy atom. The number of aromatic nitrogens is 4. The van der Waals surface area contributed by atoms with Crippen LogP contribution in [0.1, 0.15) is 19.3 Å². The topological polar surface area (TPSA) is 106 Å². The molecule has 2 heterocycles. The van der Waals surface area contributed by atoms with Crippen molar-refractivity contribution in [3.63, 3.8) is 0 Å². The lowest BCUT2D eigenvalue weighted by molar-refractivity contribution is -0.126. The molecular weight excluding hydrogens is 262 g/mol. The first-order valence-corrected chi connectivity index (χ1v) is 6.44. The first kappa shape index (κ1) is 12.8. The number of amides is 1. The lowest BCUT2D eigenvalue weighted by atomic mass is 9.77. The van der Waals surface area contributed by atoms with Gasteiger partial charge in [0.1, 0.15) is 6.54 Å². The van der Waals surface area contributed by atoms with Gasteiger partial charge >= 0.3 is 0 Å². The van der Waals surface area contributed by atoms with Gasteiger partial charge in [-0.25, -0.2) is 0 Å². The van der Waals surface area contributed by atoms with Crippen LogP contribution in [0.5, 0.6) is 0 Å². The van der Waals surface area contributed by atoms with E-state index in [1.165, 1.54) is 11.1 Å². The minimum atomic E-state index is -0.457. The van der Waals surface area contributed by atoms with Crippen LogP contribution < -0.4 is 5.32 Å². The zero-order valence-corrected chi connectivity index (χ0v) is 10.8. The fourth-order valence-electron chi connectivity index (χ4n) is 2.20. The molecule has 0 atom stereocenters. The molecule has 8 heteroatoms. The highest BCUT2D eigenvalue weighted by molar-refractivity contribution is 5.76. The van der Waals surface area contributed by atoms with Gasteiger partial charge in [0.2, 0.25) is 11.7 Å². The molecule has 2 aromatic rings. The molecule has 106 valence electrons. The van der Waals surface area contributed by atoms with Crippen molar-refractivity contribution in [3.05, 3.63) is 18.4 Å². The second-order valence-corrected chi connectivity index (χ2v) is 4.96. The number of hydrogen-bond donors (Lipinski definition) is 2. The number of tetrazole rings is 1. The molecule has 0 aromatic carbocycles. The maximum Gasteiger partial charge on any atom is 0.244 e. The summed E-state index contributed by atoms with van der Waals surface area (Å²) in [6.07, 6.45) is 4.14. The van der Waals surface area contributed by atoms with Crippen LogP contribution in [-0.2, 0) is 11.3 Å². The Kier molecular flexibility index (Phi) is 3.23. The van der Waals surface area contributed by atoms with Gasteiger partial charge in [-0.15, -0.1) is 10.2 Å². The van der Waals surface area contributed by atoms with Crippen LogP contribution in [0.4, 0.5) is 0 Å². The molecule has 1 saturated carbocycles. The second kappa shape index (κ2) is 5.04. The lowest BCUT2D eigenvalue weighted by Gasteiger charge is -2.40. The van der Waals surface area contributed by atoms with Crippen molar-refractivity contribution in [2.24, 2.45) is 0 Å². The second-order valence-electron chi connectivity index (χ2n) is 4.96. The lowest BCUT2D eigenvalue weighted by Crippen LogP contribution is -2.56. The van der Waals surface area contributed by atoms with Crippen molar-refractivity contribution in [1.82, 2.24) is 25.5 Å². The molecule has 2 N–H and O–H groups in total. The third kappa shape index (κ3) is 2.42. The summed E-state index contributed by atoms with van der Waals surface area (Å²) < 4.78 is 5.15. The summed E-state index contributed by atoms with van der Waals surface area (Å²) in [5.41, 5.74) is -0.457. The molecule has 20 heavy (non-hydrogen) atoms. The van der Waals surface area contributed by atoms with Crippen LogP contribution in [0, 0.1) is 0 Å². The number of aliphatic hydroxyl groups excluding tert-OH is 1. The number of nitrogens with one attached hydrogen (secondary N) is 1. The molecule has 1 aliphatic carbocycles. The minimum Gasteiger partial charge on any atom is -0.461 e. The summed E-state index contributed by atoms with van der Waals surface area (Å²) in [4.78, 5) is 13.1. The van der Waals surface area contributed by atoms with Crippen LogP contribution in [-0.4, -0.2) is 43.4 Å². The van der Waals surface area contributed by atoms with E-state index >= 15 is 0 Å². The fourth-order valence-corrected chi connectivity index (χ4v) is 2.20. The normalized spacial score (nSPS) is 16.6. The van der Waals surface area contributed by atoms with Crippen LogP contribution in [0.2, 0.25) is 0 Å². The maximum absolute atomic E-state index is 11.9. The summed E-state index contributed by atoms with van der Waals surface area (Å²) >= 11 is 0. The number of hydrogen-bond acceptors (Lipinski definition) is 6.